The molecule has 3 atom stereocenters. The molecule has 3 heterocycles. The number of nitrogens with zero attached hydrogens (tertiary/aromatic N) is 2. The first-order valence-corrected chi connectivity index (χ1v) is 9.80. The number of carbonyl (C=O) groups is 1. The zero-order chi connectivity index (χ0) is 21.5. The van der Waals surface area contributed by atoms with Crippen LogP contribution in [0.4, 0.5) is 4.39 Å². The molecule has 2 aliphatic rings. The van der Waals surface area contributed by atoms with Crippen molar-refractivity contribution < 1.29 is 18.7 Å². The van der Waals surface area contributed by atoms with E-state index in [9.17, 15) is 9.18 Å². The number of hydrogen-bond donors (Lipinski definition) is 1. The van der Waals surface area contributed by atoms with E-state index in [4.69, 9.17) is 44.8 Å². The first-order chi connectivity index (χ1) is 14.3. The third-order valence-electron chi connectivity index (χ3n) is 5.22. The molecule has 2 N–H and O–H groups in total. The largest absolute Gasteiger partial charge is 0.459 e. The van der Waals surface area contributed by atoms with Crippen LogP contribution in [0.3, 0.4) is 0 Å². The van der Waals surface area contributed by atoms with Gasteiger partial charge >= 0.3 is 0 Å². The molecule has 1 aromatic heterocycles. The predicted molar refractivity (Wildman–Crippen MR) is 110 cm³/mol. The van der Waals surface area contributed by atoms with Crippen LogP contribution in [0.25, 0.3) is 0 Å². The molecule has 0 radical (unpaired) electrons. The molecule has 1 fully saturated rings. The van der Waals surface area contributed by atoms with Gasteiger partial charge in [-0.25, -0.2) is 14.4 Å². The average molecular weight is 448 g/mol. The molecule has 0 aliphatic carbocycles. The lowest BCUT2D eigenvalue weighted by molar-refractivity contribution is 0.0939. The minimum absolute atomic E-state index is 0.0669. The van der Waals surface area contributed by atoms with Gasteiger partial charge in [0, 0.05) is 18.2 Å². The summed E-state index contributed by atoms with van der Waals surface area (Å²) in [7, 11) is 0. The van der Waals surface area contributed by atoms with Crippen molar-refractivity contribution in [2.24, 2.45) is 16.6 Å². The SMILES string of the molecule is C#C[C@]1(c2cc(CC(=O)c3ncc(Cl)cc3Cl)ccc2F)N=C(N)O[C@@H]2COC[C@@H]21. The van der Waals surface area contributed by atoms with Crippen LogP contribution >= 0.6 is 23.2 Å². The number of rotatable bonds is 4. The number of pyridine rings is 1. The van der Waals surface area contributed by atoms with Crippen molar-refractivity contribution in [2.45, 2.75) is 18.1 Å². The number of nitrogens with two attached hydrogens (primary N) is 1. The third-order valence-corrected chi connectivity index (χ3v) is 5.72. The molecule has 0 bridgehead atoms. The molecule has 2 aromatic rings. The lowest BCUT2D eigenvalue weighted by atomic mass is 9.76. The number of terminal acetylenes is 1. The lowest BCUT2D eigenvalue weighted by Gasteiger charge is -2.37. The van der Waals surface area contributed by atoms with Crippen LogP contribution in [0.5, 0.6) is 0 Å². The number of aliphatic imine (C=N–C) groups is 1. The summed E-state index contributed by atoms with van der Waals surface area (Å²) in [6.07, 6.45) is 6.68. The van der Waals surface area contributed by atoms with Crippen LogP contribution in [0.1, 0.15) is 21.6 Å². The summed E-state index contributed by atoms with van der Waals surface area (Å²) in [5.41, 5.74) is 5.16. The minimum atomic E-state index is -1.40. The number of Topliss-reactive ketones (excluding diaryl/α,β-unsaturated/α-hetero) is 1. The highest BCUT2D eigenvalue weighted by Crippen LogP contribution is 2.43. The summed E-state index contributed by atoms with van der Waals surface area (Å²) in [6, 6.07) is 5.58. The van der Waals surface area contributed by atoms with Gasteiger partial charge in [0.25, 0.3) is 6.02 Å². The summed E-state index contributed by atoms with van der Waals surface area (Å²) in [5, 5.41) is 0.461. The molecule has 1 aromatic carbocycles. The van der Waals surface area contributed by atoms with Crippen LogP contribution in [0.2, 0.25) is 10.0 Å². The van der Waals surface area contributed by atoms with Crippen LogP contribution in [0.15, 0.2) is 35.5 Å². The Morgan fingerprint density at radius 1 is 1.37 bits per heavy atom. The van der Waals surface area contributed by atoms with E-state index in [0.29, 0.717) is 10.6 Å². The Hall–Kier alpha value is -2.66. The van der Waals surface area contributed by atoms with Crippen LogP contribution in [-0.2, 0) is 21.4 Å². The highest BCUT2D eigenvalue weighted by atomic mass is 35.5. The molecular weight excluding hydrogens is 432 g/mol. The standard InChI is InChI=1S/C21H16Cl2FN3O3/c1-2-21(14-9-29-10-18(14)30-20(25)27-21)13-5-11(3-4-16(13)24)6-17(28)19-15(23)7-12(22)8-26-19/h1,3-5,7-8,14,18H,6,9-10H2,(H2,25,27)/t14-,18+,21+/m0/s1. The van der Waals surface area contributed by atoms with Gasteiger partial charge in [-0.05, 0) is 23.8 Å². The molecule has 1 saturated heterocycles. The second-order valence-corrected chi connectivity index (χ2v) is 7.90. The van der Waals surface area contributed by atoms with Crippen LogP contribution < -0.4 is 5.73 Å². The van der Waals surface area contributed by atoms with Gasteiger partial charge in [-0.15, -0.1) is 6.42 Å². The van der Waals surface area contributed by atoms with Crippen molar-refractivity contribution in [3.05, 3.63) is 63.1 Å². The lowest BCUT2D eigenvalue weighted by Crippen LogP contribution is -2.48. The maximum atomic E-state index is 14.9. The number of carbonyl (C=O) groups excluding carboxylic acids is 1. The maximum absolute atomic E-state index is 14.9. The molecule has 4 rings (SSSR count). The van der Waals surface area contributed by atoms with Crippen molar-refractivity contribution in [1.82, 2.24) is 4.98 Å². The van der Waals surface area contributed by atoms with Crippen molar-refractivity contribution in [2.75, 3.05) is 13.2 Å². The molecule has 6 nitrogen and oxygen atoms in total. The Morgan fingerprint density at radius 3 is 2.90 bits per heavy atom. The van der Waals surface area contributed by atoms with Crippen molar-refractivity contribution >= 4 is 35.0 Å². The summed E-state index contributed by atoms with van der Waals surface area (Å²) in [5.74, 6) is 1.28. The van der Waals surface area contributed by atoms with E-state index < -0.39 is 23.4 Å². The topological polar surface area (TPSA) is 86.8 Å². The average Bonchev–Trinajstić information content (AvgIpc) is 3.17. The number of aromatic nitrogens is 1. The van der Waals surface area contributed by atoms with Crippen molar-refractivity contribution in [1.29, 1.82) is 0 Å². The third kappa shape index (κ3) is 3.52. The molecule has 30 heavy (non-hydrogen) atoms. The minimum Gasteiger partial charge on any atom is -0.459 e. The van der Waals surface area contributed by atoms with Gasteiger partial charge in [0.15, 0.2) is 11.3 Å². The van der Waals surface area contributed by atoms with Gasteiger partial charge < -0.3 is 15.2 Å². The fourth-order valence-electron chi connectivity index (χ4n) is 3.82. The Labute approximate surface area is 182 Å². The van der Waals surface area contributed by atoms with Gasteiger partial charge in [-0.2, -0.15) is 0 Å². The second kappa shape index (κ2) is 7.88. The van der Waals surface area contributed by atoms with E-state index >= 15 is 0 Å². The molecule has 2 aliphatic heterocycles. The normalized spacial score (nSPS) is 25.1. The Bertz CT molecular complexity index is 1100. The number of hydrogen-bond acceptors (Lipinski definition) is 6. The zero-order valence-corrected chi connectivity index (χ0v) is 17.1. The van der Waals surface area contributed by atoms with Gasteiger partial charge in [-0.3, -0.25) is 4.79 Å². The monoisotopic (exact) mass is 447 g/mol. The Morgan fingerprint density at radius 2 is 2.17 bits per heavy atom. The summed E-state index contributed by atoms with van der Waals surface area (Å²) in [4.78, 5) is 21.0. The number of ketones is 1. The van der Waals surface area contributed by atoms with Crippen molar-refractivity contribution in [3.8, 4) is 12.3 Å². The number of amidine groups is 1. The molecule has 0 spiro atoms. The van der Waals surface area contributed by atoms with E-state index in [1.807, 2.05) is 0 Å². The highest BCUT2D eigenvalue weighted by molar-refractivity contribution is 6.36. The Kier molecular flexibility index (Phi) is 5.41. The van der Waals surface area contributed by atoms with Gasteiger partial charge in [0.1, 0.15) is 17.6 Å². The van der Waals surface area contributed by atoms with Crippen LogP contribution in [-0.4, -0.2) is 36.1 Å². The molecule has 0 saturated carbocycles. The van der Waals surface area contributed by atoms with E-state index in [2.05, 4.69) is 15.9 Å². The second-order valence-electron chi connectivity index (χ2n) is 7.06. The maximum Gasteiger partial charge on any atom is 0.284 e. The molecular formula is C21H16Cl2FN3O3. The fraction of sp³-hybridized carbons (Fsp3) is 0.286. The number of halogens is 3. The smallest absolute Gasteiger partial charge is 0.284 e. The van der Waals surface area contributed by atoms with E-state index in [0.717, 1.165) is 0 Å². The van der Waals surface area contributed by atoms with Gasteiger partial charge in [-0.1, -0.05) is 35.2 Å². The summed E-state index contributed by atoms with van der Waals surface area (Å²) in [6.45, 7) is 0.531. The zero-order valence-electron chi connectivity index (χ0n) is 15.6. The van der Waals surface area contributed by atoms with E-state index in [1.165, 1.54) is 30.5 Å². The van der Waals surface area contributed by atoms with Gasteiger partial charge in [0.2, 0.25) is 0 Å². The predicted octanol–water partition coefficient (Wildman–Crippen LogP) is 3.14. The first kappa shape index (κ1) is 20.6. The number of ether oxygens (including phenoxy) is 2. The quantitative estimate of drug-likeness (QED) is 0.574. The van der Waals surface area contributed by atoms with E-state index in [1.54, 1.807) is 0 Å². The molecule has 0 unspecified atom stereocenters. The van der Waals surface area contributed by atoms with Gasteiger partial charge in [0.05, 0.1) is 29.2 Å². The van der Waals surface area contributed by atoms with Crippen molar-refractivity contribution in [3.63, 3.8) is 0 Å². The fourth-order valence-corrected chi connectivity index (χ4v) is 4.30. The summed E-state index contributed by atoms with van der Waals surface area (Å²) >= 11 is 11.9. The number of fused-ring (bicyclic) bond motifs is 1. The van der Waals surface area contributed by atoms with E-state index in [-0.39, 0.29) is 47.7 Å². The Balaban J connectivity index is 1.72. The highest BCUT2D eigenvalue weighted by Gasteiger charge is 2.52. The number of benzene rings is 1. The van der Waals surface area contributed by atoms with Crippen LogP contribution in [0, 0.1) is 24.1 Å². The molecule has 154 valence electrons. The molecule has 9 heteroatoms. The summed E-state index contributed by atoms with van der Waals surface area (Å²) < 4.78 is 25.9. The molecule has 0 amide bonds. The first-order valence-electron chi connectivity index (χ1n) is 9.04.